The molecule has 2 amide bonds. The number of aromatic nitrogens is 1. The molecule has 0 aliphatic rings. The number of hydrogen-bond donors (Lipinski definition) is 3. The third-order valence-electron chi connectivity index (χ3n) is 4.44. The van der Waals surface area contributed by atoms with E-state index in [0.29, 0.717) is 18.8 Å². The van der Waals surface area contributed by atoms with Gasteiger partial charge in [0.1, 0.15) is 5.82 Å². The van der Waals surface area contributed by atoms with E-state index in [0.717, 1.165) is 5.56 Å². The molecule has 0 radical (unpaired) electrons. The van der Waals surface area contributed by atoms with Gasteiger partial charge in [-0.05, 0) is 36.6 Å². The molecule has 0 fully saturated rings. The van der Waals surface area contributed by atoms with Crippen molar-refractivity contribution < 1.29 is 54.0 Å². The molecule has 0 spiro atoms. The van der Waals surface area contributed by atoms with Crippen LogP contribution in [0.15, 0.2) is 42.6 Å². The number of aliphatic carboxylic acids is 1. The second-order valence-electron chi connectivity index (χ2n) is 7.07. The Morgan fingerprint density at radius 3 is 2.58 bits per heavy atom. The van der Waals surface area contributed by atoms with E-state index < -0.39 is 29.3 Å². The van der Waals surface area contributed by atoms with Crippen LogP contribution in [0, 0.1) is 17.0 Å². The van der Waals surface area contributed by atoms with Crippen molar-refractivity contribution in [1.82, 2.24) is 15.6 Å². The second kappa shape index (κ2) is 14.2. The van der Waals surface area contributed by atoms with Crippen molar-refractivity contribution in [1.29, 1.82) is 0 Å². The molecule has 33 heavy (non-hydrogen) atoms. The molecule has 1 heterocycles. The first-order chi connectivity index (χ1) is 15.2. The Morgan fingerprint density at radius 1 is 1.15 bits per heavy atom. The van der Waals surface area contributed by atoms with Gasteiger partial charge in [0.2, 0.25) is 11.8 Å². The van der Waals surface area contributed by atoms with E-state index in [1.807, 2.05) is 19.1 Å². The average Bonchev–Trinajstić information content (AvgIpc) is 2.74. The topological polar surface area (TPSA) is 166 Å². The van der Waals surface area contributed by atoms with Crippen LogP contribution in [0.5, 0.6) is 0 Å². The average molecular weight is 465 g/mol. The van der Waals surface area contributed by atoms with E-state index in [2.05, 4.69) is 20.9 Å². The molecule has 3 N–H and O–H groups in total. The van der Waals surface area contributed by atoms with Crippen molar-refractivity contribution in [2.24, 2.45) is 0 Å². The predicted molar refractivity (Wildman–Crippen MR) is 113 cm³/mol. The molecule has 0 aliphatic heterocycles. The Kier molecular flexibility index (Phi) is 12.0. The van der Waals surface area contributed by atoms with Crippen LogP contribution in [0.2, 0.25) is 0 Å². The Balaban J connectivity index is 0.00000544. The van der Waals surface area contributed by atoms with Gasteiger partial charge in [-0.3, -0.25) is 19.7 Å². The zero-order valence-electron chi connectivity index (χ0n) is 18.5. The van der Waals surface area contributed by atoms with Gasteiger partial charge in [0.05, 0.1) is 17.5 Å². The van der Waals surface area contributed by atoms with E-state index in [1.165, 1.54) is 24.3 Å². The standard InChI is InChI=1S/C21H25N5O6.Na/c1-14-7-9-23-18(10-14)22-8-3-6-19(27)24-13-20(28)25-17(12-21(29)30)15-4-2-5-16(11-15)26(31)32;/h2,4-5,7,9-11,17H,3,6,8,12-13H2,1H3,(H,22,23)(H,24,27)(H,25,28)(H,29,30);/q;+1/p-1. The van der Waals surface area contributed by atoms with Gasteiger partial charge in [0.25, 0.3) is 5.69 Å². The number of amides is 2. The van der Waals surface area contributed by atoms with Crippen LogP contribution in [0.3, 0.4) is 0 Å². The van der Waals surface area contributed by atoms with Crippen molar-refractivity contribution in [2.75, 3.05) is 18.4 Å². The molecule has 0 aliphatic carbocycles. The number of nitro groups is 1. The van der Waals surface area contributed by atoms with Gasteiger partial charge < -0.3 is 25.9 Å². The predicted octanol–water partition coefficient (Wildman–Crippen LogP) is -2.39. The molecule has 12 heteroatoms. The summed E-state index contributed by atoms with van der Waals surface area (Å²) >= 11 is 0. The van der Waals surface area contributed by atoms with Gasteiger partial charge >= 0.3 is 29.6 Å². The number of pyridine rings is 1. The van der Waals surface area contributed by atoms with E-state index in [9.17, 15) is 29.6 Å². The van der Waals surface area contributed by atoms with Crippen LogP contribution < -0.4 is 50.6 Å². The third kappa shape index (κ3) is 10.4. The molecule has 1 unspecified atom stereocenters. The van der Waals surface area contributed by atoms with E-state index in [1.54, 1.807) is 6.20 Å². The Morgan fingerprint density at radius 2 is 1.91 bits per heavy atom. The maximum Gasteiger partial charge on any atom is 1.00 e. The number of carbonyl (C=O) groups is 3. The van der Waals surface area contributed by atoms with Crippen LogP contribution in [0.25, 0.3) is 0 Å². The monoisotopic (exact) mass is 465 g/mol. The summed E-state index contributed by atoms with van der Waals surface area (Å²) in [5.74, 6) is -1.68. The molecular formula is C21H24N5NaO6. The number of nitrogens with one attached hydrogen (secondary N) is 3. The summed E-state index contributed by atoms with van der Waals surface area (Å²) in [6.45, 7) is 2.11. The fraction of sp³-hybridized carbons (Fsp3) is 0.333. The molecule has 1 atom stereocenters. The molecule has 2 aromatic rings. The Labute approximate surface area is 212 Å². The fourth-order valence-electron chi connectivity index (χ4n) is 2.88. The molecular weight excluding hydrogens is 441 g/mol. The Hall–Kier alpha value is -3.02. The number of non-ortho nitro benzene ring substituents is 1. The maximum absolute atomic E-state index is 12.2. The normalized spacial score (nSPS) is 10.9. The summed E-state index contributed by atoms with van der Waals surface area (Å²) in [6.07, 6.45) is 1.81. The van der Waals surface area contributed by atoms with Crippen LogP contribution in [-0.4, -0.2) is 40.8 Å². The van der Waals surface area contributed by atoms with Crippen molar-refractivity contribution in [2.45, 2.75) is 32.2 Å². The van der Waals surface area contributed by atoms with Gasteiger partial charge in [-0.2, -0.15) is 0 Å². The van der Waals surface area contributed by atoms with E-state index >= 15 is 0 Å². The van der Waals surface area contributed by atoms with Gasteiger partial charge in [-0.1, -0.05) is 12.1 Å². The van der Waals surface area contributed by atoms with Crippen LogP contribution in [0.1, 0.15) is 36.4 Å². The molecule has 11 nitrogen and oxygen atoms in total. The first kappa shape index (κ1) is 28.0. The molecule has 1 aromatic carbocycles. The maximum atomic E-state index is 12.2. The number of nitro benzene ring substituents is 1. The van der Waals surface area contributed by atoms with Gasteiger partial charge in [-0.15, -0.1) is 0 Å². The number of carboxylic acid groups (broad SMARTS) is 1. The molecule has 2 rings (SSSR count). The minimum absolute atomic E-state index is 0. The first-order valence-electron chi connectivity index (χ1n) is 9.91. The van der Waals surface area contributed by atoms with Gasteiger partial charge in [0, 0.05) is 43.7 Å². The largest absolute Gasteiger partial charge is 1.00 e. The number of aryl methyl sites for hydroxylation is 1. The fourth-order valence-corrected chi connectivity index (χ4v) is 2.88. The van der Waals surface area contributed by atoms with Gasteiger partial charge in [-0.25, -0.2) is 4.98 Å². The number of anilines is 1. The minimum Gasteiger partial charge on any atom is -0.550 e. The number of carboxylic acids is 1. The number of nitrogens with zero attached hydrogens (tertiary/aromatic N) is 2. The van der Waals surface area contributed by atoms with Crippen molar-refractivity contribution in [3.63, 3.8) is 0 Å². The van der Waals surface area contributed by atoms with E-state index in [-0.39, 0.29) is 59.7 Å². The summed E-state index contributed by atoms with van der Waals surface area (Å²) in [7, 11) is 0. The number of hydrogen-bond acceptors (Lipinski definition) is 8. The zero-order chi connectivity index (χ0) is 23.5. The number of carbonyl (C=O) groups excluding carboxylic acids is 3. The van der Waals surface area contributed by atoms with Crippen LogP contribution >= 0.6 is 0 Å². The van der Waals surface area contributed by atoms with Crippen molar-refractivity contribution >= 4 is 29.3 Å². The summed E-state index contributed by atoms with van der Waals surface area (Å²) < 4.78 is 0. The SMILES string of the molecule is Cc1ccnc(NCCCC(=O)NCC(=O)NC(CC(=O)[O-])c2cccc([N+](=O)[O-])c2)c1.[Na+]. The minimum atomic E-state index is -1.43. The summed E-state index contributed by atoms with van der Waals surface area (Å²) in [5, 5.41) is 30.0. The van der Waals surface area contributed by atoms with E-state index in [4.69, 9.17) is 0 Å². The number of rotatable bonds is 12. The molecule has 170 valence electrons. The van der Waals surface area contributed by atoms with Crippen molar-refractivity contribution in [3.8, 4) is 0 Å². The molecule has 0 saturated heterocycles. The smallest absolute Gasteiger partial charge is 0.550 e. The molecule has 0 saturated carbocycles. The zero-order valence-corrected chi connectivity index (χ0v) is 20.5. The number of benzene rings is 1. The second-order valence-corrected chi connectivity index (χ2v) is 7.07. The summed E-state index contributed by atoms with van der Waals surface area (Å²) in [4.78, 5) is 49.6. The Bertz CT molecular complexity index is 987. The van der Waals surface area contributed by atoms with Crippen LogP contribution in [0.4, 0.5) is 11.5 Å². The summed E-state index contributed by atoms with van der Waals surface area (Å²) in [6, 6.07) is 8.03. The summed E-state index contributed by atoms with van der Waals surface area (Å²) in [5.41, 5.74) is 1.08. The quantitative estimate of drug-likeness (QED) is 0.135. The van der Waals surface area contributed by atoms with Crippen molar-refractivity contribution in [3.05, 3.63) is 63.8 Å². The van der Waals surface area contributed by atoms with Crippen LogP contribution in [-0.2, 0) is 14.4 Å². The van der Waals surface area contributed by atoms with Gasteiger partial charge in [0.15, 0.2) is 0 Å². The molecule has 0 bridgehead atoms. The molecule has 1 aromatic heterocycles. The first-order valence-corrected chi connectivity index (χ1v) is 9.91. The third-order valence-corrected chi connectivity index (χ3v) is 4.44.